The average Bonchev–Trinajstić information content (AvgIpc) is 3.33. The van der Waals surface area contributed by atoms with E-state index in [9.17, 15) is 0 Å². The Morgan fingerprint density at radius 3 is 1.45 bits per heavy atom. The maximum Gasteiger partial charge on any atom is 0.136 e. The van der Waals surface area contributed by atoms with Gasteiger partial charge in [-0.15, -0.1) is 0 Å². The molecule has 3 heterocycles. The fraction of sp³-hybridized carbons (Fsp3) is 0.0400. The van der Waals surface area contributed by atoms with E-state index < -0.39 is 0 Å². The Bertz CT molecular complexity index is 1650. The van der Waals surface area contributed by atoms with Crippen LogP contribution in [0.1, 0.15) is 5.56 Å². The molecule has 0 unspecified atom stereocenters. The Hall–Kier alpha value is -3.43. The Labute approximate surface area is 169 Å². The van der Waals surface area contributed by atoms with E-state index in [-0.39, 0.29) is 0 Å². The number of fused-ring (bicyclic) bond motifs is 9. The molecule has 4 heteroatoms. The first kappa shape index (κ1) is 15.5. The first-order valence-corrected chi connectivity index (χ1v) is 9.83. The number of furan rings is 3. The Morgan fingerprint density at radius 1 is 0.483 bits per heavy atom. The molecule has 0 N–H and O–H groups in total. The summed E-state index contributed by atoms with van der Waals surface area (Å²) in [6, 6.07) is 20.2. The molecule has 0 bridgehead atoms. The fourth-order valence-corrected chi connectivity index (χ4v) is 4.56. The van der Waals surface area contributed by atoms with Gasteiger partial charge in [-0.2, -0.15) is 0 Å². The van der Waals surface area contributed by atoms with Crippen molar-refractivity contribution in [1.82, 2.24) is 0 Å². The van der Waals surface area contributed by atoms with Gasteiger partial charge in [0, 0.05) is 43.4 Å². The zero-order valence-electron chi connectivity index (χ0n) is 15.4. The normalized spacial score (nSPS) is 12.5. The predicted octanol–water partition coefficient (Wildman–Crippen LogP) is 8.35. The molecular weight excluding hydrogens is 384 g/mol. The van der Waals surface area contributed by atoms with Crippen molar-refractivity contribution in [2.45, 2.75) is 6.92 Å². The van der Waals surface area contributed by atoms with Gasteiger partial charge in [0.1, 0.15) is 33.5 Å². The van der Waals surface area contributed by atoms with Gasteiger partial charge >= 0.3 is 0 Å². The third-order valence-corrected chi connectivity index (χ3v) is 6.01. The van der Waals surface area contributed by atoms with Gasteiger partial charge in [-0.05, 0) is 55.0 Å². The second kappa shape index (κ2) is 5.13. The maximum atomic E-state index is 6.24. The van der Waals surface area contributed by atoms with Gasteiger partial charge in [0.15, 0.2) is 0 Å². The van der Waals surface area contributed by atoms with Gasteiger partial charge < -0.3 is 13.3 Å². The van der Waals surface area contributed by atoms with Gasteiger partial charge in [-0.25, -0.2) is 0 Å². The summed E-state index contributed by atoms with van der Waals surface area (Å²) in [6.07, 6.45) is 0. The minimum absolute atomic E-state index is 0.660. The van der Waals surface area contributed by atoms with Crippen molar-refractivity contribution in [2.24, 2.45) is 0 Å². The molecule has 4 aromatic carbocycles. The Balaban J connectivity index is 1.60. The van der Waals surface area contributed by atoms with Crippen LogP contribution in [0.25, 0.3) is 65.8 Å². The summed E-state index contributed by atoms with van der Waals surface area (Å²) in [4.78, 5) is 0. The van der Waals surface area contributed by atoms with Crippen LogP contribution in [0.15, 0.2) is 73.9 Å². The number of hydrogen-bond acceptors (Lipinski definition) is 3. The van der Waals surface area contributed by atoms with Gasteiger partial charge in [-0.1, -0.05) is 23.7 Å². The predicted molar refractivity (Wildman–Crippen MR) is 118 cm³/mol. The number of hydrogen-bond donors (Lipinski definition) is 0. The van der Waals surface area contributed by atoms with E-state index in [4.69, 9.17) is 24.9 Å². The molecule has 3 nitrogen and oxygen atoms in total. The number of rotatable bonds is 0. The van der Waals surface area contributed by atoms with Crippen molar-refractivity contribution in [2.75, 3.05) is 0 Å². The monoisotopic (exact) mass is 396 g/mol. The summed E-state index contributed by atoms with van der Waals surface area (Å²) in [7, 11) is 0. The number of benzene rings is 4. The molecule has 0 saturated carbocycles. The highest BCUT2D eigenvalue weighted by Gasteiger charge is 2.16. The average molecular weight is 397 g/mol. The lowest BCUT2D eigenvalue weighted by Gasteiger charge is -1.92. The van der Waals surface area contributed by atoms with Crippen LogP contribution in [-0.4, -0.2) is 0 Å². The lowest BCUT2D eigenvalue weighted by atomic mass is 10.1. The van der Waals surface area contributed by atoms with Crippen molar-refractivity contribution in [3.05, 3.63) is 71.2 Å². The molecule has 0 aliphatic heterocycles. The molecule has 0 radical (unpaired) electrons. The van der Waals surface area contributed by atoms with E-state index >= 15 is 0 Å². The van der Waals surface area contributed by atoms with Crippen molar-refractivity contribution in [1.29, 1.82) is 0 Å². The van der Waals surface area contributed by atoms with Crippen LogP contribution < -0.4 is 0 Å². The van der Waals surface area contributed by atoms with Crippen LogP contribution in [0, 0.1) is 6.92 Å². The standard InChI is InChI=1S/C25H13ClO3/c1-12-2-4-14-16-8-24-18(10-22(16)27-20(14)6-12)19-11-23-17(9-25(19)29-24)15-5-3-13(26)7-21(15)28-23/h2-11H,1H3. The molecule has 0 fully saturated rings. The van der Waals surface area contributed by atoms with Crippen LogP contribution in [0.2, 0.25) is 5.02 Å². The molecule has 0 spiro atoms. The van der Waals surface area contributed by atoms with E-state index in [2.05, 4.69) is 37.3 Å². The lowest BCUT2D eigenvalue weighted by molar-refractivity contribution is 0.662. The largest absolute Gasteiger partial charge is 0.456 e. The highest BCUT2D eigenvalue weighted by molar-refractivity contribution is 6.31. The second-order valence-corrected chi connectivity index (χ2v) is 8.07. The third kappa shape index (κ3) is 2.03. The van der Waals surface area contributed by atoms with E-state index in [1.54, 1.807) is 0 Å². The molecule has 0 saturated heterocycles. The SMILES string of the molecule is Cc1ccc2c(c1)oc1cc3c(cc12)oc1cc2c(cc13)oc1cc(Cl)ccc12. The van der Waals surface area contributed by atoms with E-state index in [1.807, 2.05) is 30.3 Å². The molecule has 138 valence electrons. The van der Waals surface area contributed by atoms with Crippen LogP contribution in [-0.2, 0) is 0 Å². The van der Waals surface area contributed by atoms with Crippen molar-refractivity contribution < 1.29 is 13.3 Å². The third-order valence-electron chi connectivity index (χ3n) is 5.77. The molecule has 7 rings (SSSR count). The van der Waals surface area contributed by atoms with Crippen molar-refractivity contribution >= 4 is 77.4 Å². The Kier molecular flexibility index (Phi) is 2.74. The summed E-state index contributed by atoms with van der Waals surface area (Å²) < 4.78 is 18.4. The molecule has 0 aliphatic rings. The fourth-order valence-electron chi connectivity index (χ4n) is 4.39. The highest BCUT2D eigenvalue weighted by atomic mass is 35.5. The number of halogens is 1. The minimum Gasteiger partial charge on any atom is -0.456 e. The van der Waals surface area contributed by atoms with Crippen molar-refractivity contribution in [3.63, 3.8) is 0 Å². The first-order valence-electron chi connectivity index (χ1n) is 9.45. The van der Waals surface area contributed by atoms with Gasteiger partial charge in [-0.3, -0.25) is 0 Å². The smallest absolute Gasteiger partial charge is 0.136 e. The topological polar surface area (TPSA) is 39.4 Å². The quantitative estimate of drug-likeness (QED) is 0.258. The van der Waals surface area contributed by atoms with Crippen LogP contribution in [0.5, 0.6) is 0 Å². The summed E-state index contributed by atoms with van der Waals surface area (Å²) in [5.74, 6) is 0. The summed E-state index contributed by atoms with van der Waals surface area (Å²) >= 11 is 6.12. The zero-order valence-corrected chi connectivity index (χ0v) is 16.1. The van der Waals surface area contributed by atoms with Gasteiger partial charge in [0.25, 0.3) is 0 Å². The number of aryl methyl sites for hydroxylation is 1. The summed E-state index contributed by atoms with van der Waals surface area (Å²) in [5, 5.41) is 6.91. The van der Waals surface area contributed by atoms with Crippen LogP contribution in [0.3, 0.4) is 0 Å². The maximum absolute atomic E-state index is 6.24. The Morgan fingerprint density at radius 2 is 0.897 bits per heavy atom. The molecule has 0 amide bonds. The zero-order chi connectivity index (χ0) is 19.3. The molecule has 0 aliphatic carbocycles. The van der Waals surface area contributed by atoms with Crippen LogP contribution >= 0.6 is 11.6 Å². The minimum atomic E-state index is 0.660. The molecule has 0 atom stereocenters. The van der Waals surface area contributed by atoms with Gasteiger partial charge in [0.05, 0.1) is 0 Å². The highest BCUT2D eigenvalue weighted by Crippen LogP contribution is 2.40. The molecule has 3 aromatic heterocycles. The molecule has 29 heavy (non-hydrogen) atoms. The van der Waals surface area contributed by atoms with Gasteiger partial charge in [0.2, 0.25) is 0 Å². The lowest BCUT2D eigenvalue weighted by Crippen LogP contribution is -1.70. The van der Waals surface area contributed by atoms with E-state index in [0.717, 1.165) is 65.8 Å². The molecular formula is C25H13ClO3. The first-order chi connectivity index (χ1) is 14.1. The summed E-state index contributed by atoms with van der Waals surface area (Å²) in [6.45, 7) is 2.07. The summed E-state index contributed by atoms with van der Waals surface area (Å²) in [5.41, 5.74) is 6.20. The van der Waals surface area contributed by atoms with Crippen LogP contribution in [0.4, 0.5) is 0 Å². The van der Waals surface area contributed by atoms with Crippen molar-refractivity contribution in [3.8, 4) is 0 Å². The van der Waals surface area contributed by atoms with E-state index in [1.165, 1.54) is 5.56 Å². The second-order valence-electron chi connectivity index (χ2n) is 7.64. The van der Waals surface area contributed by atoms with E-state index in [0.29, 0.717) is 5.02 Å². The molecule has 7 aromatic rings.